The number of aryl methyl sites for hydroxylation is 1. The third kappa shape index (κ3) is 1.19. The minimum atomic E-state index is 0.176. The molecule has 0 unspecified atom stereocenters. The molecule has 0 aliphatic heterocycles. The zero-order valence-corrected chi connectivity index (χ0v) is 8.09. The van der Waals surface area contributed by atoms with E-state index in [2.05, 4.69) is 12.1 Å². The van der Waals surface area contributed by atoms with Crippen molar-refractivity contribution in [2.45, 2.75) is 25.7 Å². The van der Waals surface area contributed by atoms with Crippen molar-refractivity contribution >= 4 is 5.57 Å². The number of benzene rings is 1. The third-order valence-electron chi connectivity index (χ3n) is 3.21. The molecule has 1 aromatic rings. The van der Waals surface area contributed by atoms with Gasteiger partial charge < -0.3 is 0 Å². The lowest BCUT2D eigenvalue weighted by Crippen LogP contribution is -1.85. The number of hydrogen-bond acceptors (Lipinski definition) is 0. The van der Waals surface area contributed by atoms with Gasteiger partial charge in [0.1, 0.15) is 5.83 Å². The highest BCUT2D eigenvalue weighted by molar-refractivity contribution is 5.74. The molecule has 72 valence electrons. The van der Waals surface area contributed by atoms with Crippen LogP contribution in [0.15, 0.2) is 30.1 Å². The molecule has 14 heavy (non-hydrogen) atoms. The minimum absolute atomic E-state index is 0.176. The highest BCUT2D eigenvalue weighted by Gasteiger charge is 2.31. The van der Waals surface area contributed by atoms with Gasteiger partial charge in [0, 0.05) is 5.92 Å². The van der Waals surface area contributed by atoms with Gasteiger partial charge in [0.15, 0.2) is 0 Å². The second-order valence-electron chi connectivity index (χ2n) is 4.26. The average molecular weight is 188 g/mol. The van der Waals surface area contributed by atoms with Crippen LogP contribution in [0.3, 0.4) is 0 Å². The van der Waals surface area contributed by atoms with Crippen LogP contribution in [-0.4, -0.2) is 0 Å². The first-order valence-electron chi connectivity index (χ1n) is 5.33. The molecule has 1 heteroatoms. The van der Waals surface area contributed by atoms with Crippen LogP contribution in [0.4, 0.5) is 4.39 Å². The van der Waals surface area contributed by atoms with Crippen LogP contribution in [0.25, 0.3) is 5.57 Å². The first-order valence-corrected chi connectivity index (χ1v) is 5.33. The van der Waals surface area contributed by atoms with Crippen molar-refractivity contribution in [1.82, 2.24) is 0 Å². The van der Waals surface area contributed by atoms with Crippen LogP contribution < -0.4 is 0 Å². The summed E-state index contributed by atoms with van der Waals surface area (Å²) in [7, 11) is 0. The van der Waals surface area contributed by atoms with Crippen molar-refractivity contribution < 1.29 is 4.39 Å². The summed E-state index contributed by atoms with van der Waals surface area (Å²) >= 11 is 0. The summed E-state index contributed by atoms with van der Waals surface area (Å²) in [4.78, 5) is 0. The summed E-state index contributed by atoms with van der Waals surface area (Å²) in [6.07, 6.45) is 4.03. The molecule has 0 radical (unpaired) electrons. The van der Waals surface area contributed by atoms with Gasteiger partial charge in [0.25, 0.3) is 0 Å². The topological polar surface area (TPSA) is 0 Å². The molecule has 2 aliphatic rings. The molecule has 0 bridgehead atoms. The van der Waals surface area contributed by atoms with E-state index in [9.17, 15) is 4.39 Å². The molecule has 0 aromatic heterocycles. The summed E-state index contributed by atoms with van der Waals surface area (Å²) in [6.45, 7) is 0. The lowest BCUT2D eigenvalue weighted by molar-refractivity contribution is 0.579. The van der Waals surface area contributed by atoms with Crippen LogP contribution in [0.2, 0.25) is 0 Å². The molecule has 1 fully saturated rings. The van der Waals surface area contributed by atoms with Gasteiger partial charge >= 0.3 is 0 Å². The van der Waals surface area contributed by atoms with Crippen molar-refractivity contribution in [3.8, 4) is 0 Å². The number of hydrogen-bond donors (Lipinski definition) is 0. The Morgan fingerprint density at radius 3 is 2.71 bits per heavy atom. The van der Waals surface area contributed by atoms with Gasteiger partial charge in [-0.2, -0.15) is 0 Å². The van der Waals surface area contributed by atoms with Crippen molar-refractivity contribution in [1.29, 1.82) is 0 Å². The van der Waals surface area contributed by atoms with Gasteiger partial charge in [0.05, 0.1) is 0 Å². The van der Waals surface area contributed by atoms with Crippen LogP contribution in [0.5, 0.6) is 0 Å². The predicted molar refractivity (Wildman–Crippen MR) is 55.5 cm³/mol. The molecule has 1 aromatic carbocycles. The zero-order chi connectivity index (χ0) is 9.54. The normalized spacial score (nSPS) is 23.5. The Bertz CT molecular complexity index is 399. The van der Waals surface area contributed by atoms with E-state index >= 15 is 0 Å². The fourth-order valence-electron chi connectivity index (χ4n) is 2.26. The Morgan fingerprint density at radius 1 is 1.14 bits per heavy atom. The Balaban J connectivity index is 2.08. The molecule has 0 amide bonds. The van der Waals surface area contributed by atoms with E-state index in [0.717, 1.165) is 36.8 Å². The quantitative estimate of drug-likeness (QED) is 0.630. The minimum Gasteiger partial charge on any atom is -0.211 e. The lowest BCUT2D eigenvalue weighted by atomic mass is 10.1. The molecule has 1 saturated carbocycles. The van der Waals surface area contributed by atoms with Crippen molar-refractivity contribution in [3.05, 3.63) is 41.2 Å². The zero-order valence-electron chi connectivity index (χ0n) is 8.09. The lowest BCUT2D eigenvalue weighted by Gasteiger charge is -2.02. The maximum Gasteiger partial charge on any atom is 0.107 e. The van der Waals surface area contributed by atoms with Crippen molar-refractivity contribution in [3.63, 3.8) is 0 Å². The van der Waals surface area contributed by atoms with E-state index in [4.69, 9.17) is 0 Å². The number of allylic oxidation sites excluding steroid dienone is 2. The standard InChI is InChI=1S/C13H13F/c14-13(10-5-6-10)12-8-7-9-3-1-2-4-11(9)12/h1-4,10H,5-8H2/b13-12+. The molecule has 0 spiro atoms. The molecule has 0 nitrogen and oxygen atoms in total. The number of rotatable bonds is 1. The van der Waals surface area contributed by atoms with E-state index in [1.807, 2.05) is 12.1 Å². The largest absolute Gasteiger partial charge is 0.211 e. The van der Waals surface area contributed by atoms with Gasteiger partial charge in [-0.25, -0.2) is 4.39 Å². The maximum atomic E-state index is 13.9. The summed E-state index contributed by atoms with van der Waals surface area (Å²) in [6, 6.07) is 8.21. The molecular weight excluding hydrogens is 175 g/mol. The van der Waals surface area contributed by atoms with E-state index in [0.29, 0.717) is 0 Å². The average Bonchev–Trinajstić information content (AvgIpc) is 2.97. The van der Waals surface area contributed by atoms with Crippen LogP contribution in [0, 0.1) is 5.92 Å². The SMILES string of the molecule is F/C(=C1\CCc2ccccc21)C1CC1. The van der Waals surface area contributed by atoms with Crippen LogP contribution >= 0.6 is 0 Å². The second kappa shape index (κ2) is 2.94. The van der Waals surface area contributed by atoms with E-state index < -0.39 is 0 Å². The summed E-state index contributed by atoms with van der Waals surface area (Å²) in [5, 5.41) is 0. The molecular formula is C13H13F. The summed E-state index contributed by atoms with van der Waals surface area (Å²) in [5.41, 5.74) is 3.47. The Labute approximate surface area is 83.5 Å². The van der Waals surface area contributed by atoms with E-state index in [-0.39, 0.29) is 11.7 Å². The smallest absolute Gasteiger partial charge is 0.107 e. The number of fused-ring (bicyclic) bond motifs is 1. The van der Waals surface area contributed by atoms with Gasteiger partial charge in [0.2, 0.25) is 0 Å². The maximum absolute atomic E-state index is 13.9. The second-order valence-corrected chi connectivity index (χ2v) is 4.26. The molecule has 0 N–H and O–H groups in total. The Hall–Kier alpha value is -1.11. The van der Waals surface area contributed by atoms with E-state index in [1.54, 1.807) is 0 Å². The van der Waals surface area contributed by atoms with Crippen molar-refractivity contribution in [2.75, 3.05) is 0 Å². The van der Waals surface area contributed by atoms with Gasteiger partial charge in [-0.1, -0.05) is 24.3 Å². The molecule has 0 atom stereocenters. The van der Waals surface area contributed by atoms with Gasteiger partial charge in [-0.15, -0.1) is 0 Å². The molecule has 2 aliphatic carbocycles. The third-order valence-corrected chi connectivity index (χ3v) is 3.21. The first kappa shape index (κ1) is 8.22. The predicted octanol–water partition coefficient (Wildman–Crippen LogP) is 3.72. The van der Waals surface area contributed by atoms with Crippen molar-refractivity contribution in [2.24, 2.45) is 5.92 Å². The molecule has 3 rings (SSSR count). The van der Waals surface area contributed by atoms with E-state index in [1.165, 1.54) is 5.56 Å². The molecule has 0 heterocycles. The molecule has 0 saturated heterocycles. The first-order chi connectivity index (χ1) is 6.86. The monoisotopic (exact) mass is 188 g/mol. The summed E-state index contributed by atoms with van der Waals surface area (Å²) < 4.78 is 13.9. The number of halogens is 1. The highest BCUT2D eigenvalue weighted by Crippen LogP contribution is 2.44. The Kier molecular flexibility index (Phi) is 1.73. The summed E-state index contributed by atoms with van der Waals surface area (Å²) in [5.74, 6) is 0.436. The van der Waals surface area contributed by atoms with Crippen LogP contribution in [-0.2, 0) is 6.42 Å². The fourth-order valence-corrected chi connectivity index (χ4v) is 2.26. The van der Waals surface area contributed by atoms with Gasteiger partial charge in [-0.05, 0) is 42.4 Å². The van der Waals surface area contributed by atoms with Crippen LogP contribution in [0.1, 0.15) is 30.4 Å². The highest BCUT2D eigenvalue weighted by atomic mass is 19.1. The fraction of sp³-hybridized carbons (Fsp3) is 0.385. The Morgan fingerprint density at radius 2 is 1.93 bits per heavy atom. The van der Waals surface area contributed by atoms with Gasteiger partial charge in [-0.3, -0.25) is 0 Å².